The summed E-state index contributed by atoms with van der Waals surface area (Å²) in [6.07, 6.45) is 71.0. The predicted octanol–water partition coefficient (Wildman–Crippen LogP) is 16.5. The highest BCUT2D eigenvalue weighted by molar-refractivity contribution is 7.47. The molecule has 67 heavy (non-hydrogen) atoms. The van der Waals surface area contributed by atoms with E-state index in [-0.39, 0.29) is 25.8 Å². The van der Waals surface area contributed by atoms with Crippen LogP contribution in [-0.2, 0) is 27.9 Å². The van der Waals surface area contributed by atoms with E-state index in [1.54, 1.807) is 0 Å². The van der Waals surface area contributed by atoms with E-state index < -0.39 is 13.9 Å². The summed E-state index contributed by atoms with van der Waals surface area (Å²) in [6.45, 7) is 5.31. The third-order valence-corrected chi connectivity index (χ3v) is 11.5. The molecule has 382 valence electrons. The minimum Gasteiger partial charge on any atom is -0.457 e. The molecule has 0 aliphatic carbocycles. The molecular formula is C58H99NO7P+. The van der Waals surface area contributed by atoms with Crippen LogP contribution in [0.15, 0.2) is 122 Å². The smallest absolute Gasteiger partial charge is 0.457 e. The number of esters is 1. The Kier molecular flexibility index (Phi) is 47.0. The lowest BCUT2D eigenvalue weighted by atomic mass is 10.1. The van der Waals surface area contributed by atoms with E-state index in [1.807, 2.05) is 21.1 Å². The number of phosphoric acid groups is 1. The van der Waals surface area contributed by atoms with Crippen LogP contribution < -0.4 is 0 Å². The van der Waals surface area contributed by atoms with Gasteiger partial charge in [0.05, 0.1) is 34.4 Å². The van der Waals surface area contributed by atoms with Gasteiger partial charge < -0.3 is 18.9 Å². The van der Waals surface area contributed by atoms with E-state index in [9.17, 15) is 14.3 Å². The molecule has 0 aromatic heterocycles. The largest absolute Gasteiger partial charge is 0.472 e. The second-order valence-corrected chi connectivity index (χ2v) is 19.6. The van der Waals surface area contributed by atoms with Gasteiger partial charge >= 0.3 is 13.8 Å². The lowest BCUT2D eigenvalue weighted by Crippen LogP contribution is -2.37. The highest BCUT2D eigenvalue weighted by atomic mass is 31.2. The van der Waals surface area contributed by atoms with E-state index in [2.05, 4.69) is 135 Å². The Morgan fingerprint density at radius 2 is 0.821 bits per heavy atom. The first-order chi connectivity index (χ1) is 32.6. The Hall–Kier alpha value is -3.10. The third kappa shape index (κ3) is 53.7. The first-order valence-corrected chi connectivity index (χ1v) is 27.8. The number of carbonyl (C=O) groups is 1. The van der Waals surface area contributed by atoms with Crippen molar-refractivity contribution in [3.8, 4) is 0 Å². The van der Waals surface area contributed by atoms with Crippen molar-refractivity contribution >= 4 is 13.8 Å². The number of rotatable bonds is 47. The molecule has 1 N–H and O–H groups in total. The second kappa shape index (κ2) is 49.3. The molecule has 0 spiro atoms. The second-order valence-electron chi connectivity index (χ2n) is 18.1. The lowest BCUT2D eigenvalue weighted by Gasteiger charge is -2.24. The van der Waals surface area contributed by atoms with E-state index >= 15 is 0 Å². The zero-order valence-corrected chi connectivity index (χ0v) is 44.2. The van der Waals surface area contributed by atoms with Crippen LogP contribution in [0.5, 0.6) is 0 Å². The number of phosphoric ester groups is 1. The van der Waals surface area contributed by atoms with Crippen molar-refractivity contribution in [3.05, 3.63) is 122 Å². The molecule has 0 amide bonds. The van der Waals surface area contributed by atoms with Crippen LogP contribution >= 0.6 is 7.82 Å². The summed E-state index contributed by atoms with van der Waals surface area (Å²) >= 11 is 0. The first-order valence-electron chi connectivity index (χ1n) is 26.3. The van der Waals surface area contributed by atoms with Crippen molar-refractivity contribution in [2.45, 2.75) is 187 Å². The van der Waals surface area contributed by atoms with Gasteiger partial charge in [-0.15, -0.1) is 0 Å². The first kappa shape index (κ1) is 63.9. The number of allylic oxidation sites excluding steroid dienone is 20. The van der Waals surface area contributed by atoms with Gasteiger partial charge in [0.25, 0.3) is 0 Å². The Bertz CT molecular complexity index is 1480. The van der Waals surface area contributed by atoms with Gasteiger partial charge in [-0.1, -0.05) is 193 Å². The Balaban J connectivity index is 4.24. The third-order valence-electron chi connectivity index (χ3n) is 10.5. The maximum Gasteiger partial charge on any atom is 0.472 e. The Morgan fingerprint density at radius 3 is 1.22 bits per heavy atom. The molecule has 0 fully saturated rings. The number of likely N-dealkylation sites (N-methyl/N-ethyl adjacent to an activating group) is 1. The molecule has 0 heterocycles. The fourth-order valence-corrected chi connectivity index (χ4v) is 7.29. The number of ether oxygens (including phenoxy) is 2. The number of nitrogens with zero attached hydrogens (tertiary/aromatic N) is 1. The molecule has 0 aromatic rings. The van der Waals surface area contributed by atoms with Crippen LogP contribution in [0.2, 0.25) is 0 Å². The van der Waals surface area contributed by atoms with Crippen molar-refractivity contribution < 1.29 is 37.3 Å². The maximum absolute atomic E-state index is 12.8. The number of quaternary nitrogens is 1. The topological polar surface area (TPSA) is 91.3 Å². The highest BCUT2D eigenvalue weighted by Crippen LogP contribution is 2.43. The SMILES string of the molecule is CC/C=C\C/C=C\C/C=C\C/C=C\C/C=C\C/C=C\CCCCCCCOCC(COP(=O)(O)OCC[N+](C)(C)C)OC(=O)CCCCCCCCCC/C=C\C/C=C\C/C=C\C/C=C\CC. The van der Waals surface area contributed by atoms with E-state index in [0.717, 1.165) is 116 Å². The molecule has 0 aliphatic heterocycles. The summed E-state index contributed by atoms with van der Waals surface area (Å²) in [4.78, 5) is 23.0. The summed E-state index contributed by atoms with van der Waals surface area (Å²) in [5.74, 6) is -0.335. The van der Waals surface area contributed by atoms with Crippen LogP contribution in [0.4, 0.5) is 0 Å². The zero-order chi connectivity index (χ0) is 49.0. The van der Waals surface area contributed by atoms with Crippen LogP contribution in [-0.4, -0.2) is 75.6 Å². The monoisotopic (exact) mass is 953 g/mol. The standard InChI is InChI=1S/C58H98NO7P/c1-6-8-10-12-14-16-18-20-22-24-26-28-29-30-32-34-36-38-40-42-44-46-48-50-53-63-55-57(56-65-67(61,62)64-54-52-59(3,4)5)66-58(60)51-49-47-45-43-41-39-37-35-33-31-27-25-23-21-19-17-15-13-11-9-7-2/h8-11,14-17,20-23,26-28,30-32,36,38,57H,6-7,12-13,18-19,24-25,29,33-35,37,39-56H2,1-5H3/p+1/b10-8-,11-9-,16-14-,17-15-,22-20-,23-21-,28-26-,31-27-,32-30-,38-36-. The molecule has 2 unspecified atom stereocenters. The minimum absolute atomic E-state index is 0.0751. The number of unbranched alkanes of at least 4 members (excludes halogenated alkanes) is 13. The number of hydrogen-bond acceptors (Lipinski definition) is 6. The molecule has 0 aliphatic rings. The van der Waals surface area contributed by atoms with Crippen LogP contribution in [0, 0.1) is 0 Å². The van der Waals surface area contributed by atoms with E-state index in [1.165, 1.54) is 44.9 Å². The average molecular weight is 953 g/mol. The molecular weight excluding hydrogens is 854 g/mol. The molecule has 0 saturated heterocycles. The molecule has 0 bridgehead atoms. The zero-order valence-electron chi connectivity index (χ0n) is 43.3. The van der Waals surface area contributed by atoms with Gasteiger partial charge in [-0.2, -0.15) is 0 Å². The van der Waals surface area contributed by atoms with Crippen LogP contribution in [0.1, 0.15) is 181 Å². The summed E-state index contributed by atoms with van der Waals surface area (Å²) in [6, 6.07) is 0. The Labute approximate surface area is 412 Å². The predicted molar refractivity (Wildman–Crippen MR) is 288 cm³/mol. The van der Waals surface area contributed by atoms with Gasteiger partial charge in [0, 0.05) is 13.0 Å². The van der Waals surface area contributed by atoms with E-state index in [4.69, 9.17) is 18.5 Å². The average Bonchev–Trinajstić information content (AvgIpc) is 3.29. The van der Waals surface area contributed by atoms with Crippen molar-refractivity contribution in [1.29, 1.82) is 0 Å². The summed E-state index contributed by atoms with van der Waals surface area (Å²) < 4.78 is 35.2. The van der Waals surface area contributed by atoms with Crippen molar-refractivity contribution in [2.24, 2.45) is 0 Å². The van der Waals surface area contributed by atoms with Crippen molar-refractivity contribution in [2.75, 3.05) is 54.1 Å². The fraction of sp³-hybridized carbons (Fsp3) is 0.638. The normalized spacial score (nSPS) is 14.5. The van der Waals surface area contributed by atoms with E-state index in [0.29, 0.717) is 24.1 Å². The van der Waals surface area contributed by atoms with Crippen molar-refractivity contribution in [3.63, 3.8) is 0 Å². The maximum atomic E-state index is 12.8. The van der Waals surface area contributed by atoms with Gasteiger partial charge in [-0.3, -0.25) is 13.8 Å². The van der Waals surface area contributed by atoms with Gasteiger partial charge in [0.2, 0.25) is 0 Å². The molecule has 0 saturated carbocycles. The van der Waals surface area contributed by atoms with Gasteiger partial charge in [0.1, 0.15) is 19.3 Å². The molecule has 2 atom stereocenters. The number of hydrogen-bond donors (Lipinski definition) is 1. The molecule has 0 rings (SSSR count). The highest BCUT2D eigenvalue weighted by Gasteiger charge is 2.26. The molecule has 0 aromatic carbocycles. The summed E-state index contributed by atoms with van der Waals surface area (Å²) in [5, 5.41) is 0. The minimum atomic E-state index is -4.30. The fourth-order valence-electron chi connectivity index (χ4n) is 6.55. The molecule has 9 heteroatoms. The van der Waals surface area contributed by atoms with Crippen LogP contribution in [0.3, 0.4) is 0 Å². The lowest BCUT2D eigenvalue weighted by molar-refractivity contribution is -0.870. The number of carbonyl (C=O) groups excluding carboxylic acids is 1. The quantitative estimate of drug-likeness (QED) is 0.0214. The van der Waals surface area contributed by atoms with Gasteiger partial charge in [-0.25, -0.2) is 4.57 Å². The molecule has 8 nitrogen and oxygen atoms in total. The van der Waals surface area contributed by atoms with Gasteiger partial charge in [0.15, 0.2) is 0 Å². The van der Waals surface area contributed by atoms with Crippen LogP contribution in [0.25, 0.3) is 0 Å². The van der Waals surface area contributed by atoms with Gasteiger partial charge in [-0.05, 0) is 103 Å². The summed E-state index contributed by atoms with van der Waals surface area (Å²) in [5.41, 5.74) is 0. The summed E-state index contributed by atoms with van der Waals surface area (Å²) in [7, 11) is 1.63. The Morgan fingerprint density at radius 1 is 0.463 bits per heavy atom. The molecule has 0 radical (unpaired) electrons. The van der Waals surface area contributed by atoms with Crippen molar-refractivity contribution in [1.82, 2.24) is 0 Å².